The van der Waals surface area contributed by atoms with Crippen molar-refractivity contribution < 1.29 is 4.79 Å². The minimum absolute atomic E-state index is 0. The maximum atomic E-state index is 13.2. The Labute approximate surface area is 185 Å². The van der Waals surface area contributed by atoms with Crippen LogP contribution in [0, 0.1) is 6.92 Å². The van der Waals surface area contributed by atoms with E-state index >= 15 is 0 Å². The average Bonchev–Trinajstić information content (AvgIpc) is 2.68. The van der Waals surface area contributed by atoms with E-state index in [-0.39, 0.29) is 18.3 Å². The van der Waals surface area contributed by atoms with Gasteiger partial charge in [-0.05, 0) is 43.3 Å². The largest absolute Gasteiger partial charge is 0.322 e. The van der Waals surface area contributed by atoms with Crippen LogP contribution in [0.3, 0.4) is 0 Å². The van der Waals surface area contributed by atoms with Gasteiger partial charge >= 0.3 is 0 Å². The van der Waals surface area contributed by atoms with Gasteiger partial charge in [0.1, 0.15) is 0 Å². The number of carbonyl (C=O) groups is 1. The molecule has 3 aromatic carbocycles. The third-order valence-corrected chi connectivity index (χ3v) is 5.09. The van der Waals surface area contributed by atoms with Gasteiger partial charge in [0.15, 0.2) is 0 Å². The van der Waals surface area contributed by atoms with Crippen LogP contribution in [0.25, 0.3) is 22.0 Å². The van der Waals surface area contributed by atoms with Gasteiger partial charge < -0.3 is 5.32 Å². The van der Waals surface area contributed by atoms with E-state index in [1.807, 2.05) is 73.7 Å². The first-order valence-electron chi connectivity index (χ1n) is 8.76. The summed E-state index contributed by atoms with van der Waals surface area (Å²) in [6.07, 6.45) is 0. The fraction of sp³-hybridized carbons (Fsp3) is 0.0435. The molecule has 0 aliphatic heterocycles. The van der Waals surface area contributed by atoms with Crippen molar-refractivity contribution in [3.05, 3.63) is 94.1 Å². The molecule has 1 heterocycles. The number of nitrogens with zero attached hydrogens (tertiary/aromatic N) is 1. The van der Waals surface area contributed by atoms with Gasteiger partial charge in [-0.15, -0.1) is 12.4 Å². The van der Waals surface area contributed by atoms with E-state index in [0.717, 1.165) is 22.0 Å². The zero-order chi connectivity index (χ0) is 19.7. The number of carbonyl (C=O) groups excluding carboxylic acids is 1. The Morgan fingerprint density at radius 2 is 1.62 bits per heavy atom. The van der Waals surface area contributed by atoms with E-state index in [4.69, 9.17) is 23.2 Å². The smallest absolute Gasteiger partial charge is 0.258 e. The van der Waals surface area contributed by atoms with Gasteiger partial charge in [0, 0.05) is 32.2 Å². The lowest BCUT2D eigenvalue weighted by atomic mass is 9.93. The second kappa shape index (κ2) is 8.83. The molecule has 3 nitrogen and oxygen atoms in total. The molecule has 4 aromatic rings. The highest BCUT2D eigenvalue weighted by atomic mass is 35.5. The van der Waals surface area contributed by atoms with Crippen LogP contribution in [0.1, 0.15) is 16.1 Å². The number of anilines is 1. The molecule has 6 heteroatoms. The minimum atomic E-state index is -0.243. The number of rotatable bonds is 3. The molecule has 1 N–H and O–H groups in total. The molecule has 146 valence electrons. The molecule has 0 atom stereocenters. The number of aromatic nitrogens is 1. The molecule has 0 unspecified atom stereocenters. The second-order valence-corrected chi connectivity index (χ2v) is 7.25. The quantitative estimate of drug-likeness (QED) is 0.364. The number of nitrogens with one attached hydrogen (secondary N) is 1. The van der Waals surface area contributed by atoms with Crippen molar-refractivity contribution in [1.82, 2.24) is 4.98 Å². The normalized spacial score (nSPS) is 10.4. The molecular weight excluding hydrogens is 427 g/mol. The summed E-state index contributed by atoms with van der Waals surface area (Å²) in [7, 11) is 0. The monoisotopic (exact) mass is 442 g/mol. The van der Waals surface area contributed by atoms with Crippen LogP contribution in [-0.2, 0) is 0 Å². The SMILES string of the molecule is Cc1nc2ccc(Cl)cc2c(-c2ccccc2Cl)c1C(=O)Nc1ccccc1.Cl. The van der Waals surface area contributed by atoms with Crippen molar-refractivity contribution in [3.63, 3.8) is 0 Å². The first kappa shape index (κ1) is 21.1. The summed E-state index contributed by atoms with van der Waals surface area (Å²) >= 11 is 12.8. The standard InChI is InChI=1S/C23H16Cl2N2O.ClH/c1-14-21(23(28)27-16-7-3-2-4-8-16)22(17-9-5-6-10-19(17)25)18-13-15(24)11-12-20(18)26-14;/h2-13H,1H3,(H,27,28);1H. The lowest BCUT2D eigenvalue weighted by Gasteiger charge is -2.17. The summed E-state index contributed by atoms with van der Waals surface area (Å²) < 4.78 is 0. The van der Waals surface area contributed by atoms with Gasteiger partial charge in [0.2, 0.25) is 0 Å². The maximum absolute atomic E-state index is 13.2. The van der Waals surface area contributed by atoms with Gasteiger partial charge in [0.05, 0.1) is 16.8 Å². The summed E-state index contributed by atoms with van der Waals surface area (Å²) in [6.45, 7) is 1.83. The van der Waals surface area contributed by atoms with E-state index < -0.39 is 0 Å². The third kappa shape index (κ3) is 4.23. The number of hydrogen-bond donors (Lipinski definition) is 1. The molecule has 0 radical (unpaired) electrons. The summed E-state index contributed by atoms with van der Waals surface area (Å²) in [5.41, 5.74) is 4.06. The van der Waals surface area contributed by atoms with Gasteiger partial charge in [-0.2, -0.15) is 0 Å². The zero-order valence-corrected chi connectivity index (χ0v) is 17.8. The van der Waals surface area contributed by atoms with Gasteiger partial charge in [0.25, 0.3) is 5.91 Å². The van der Waals surface area contributed by atoms with Crippen LogP contribution in [0.15, 0.2) is 72.8 Å². The molecule has 4 rings (SSSR count). The molecule has 0 bridgehead atoms. The predicted molar refractivity (Wildman–Crippen MR) is 124 cm³/mol. The van der Waals surface area contributed by atoms with Crippen molar-refractivity contribution in [2.75, 3.05) is 5.32 Å². The van der Waals surface area contributed by atoms with Crippen LogP contribution in [-0.4, -0.2) is 10.9 Å². The van der Waals surface area contributed by atoms with Gasteiger partial charge in [-0.3, -0.25) is 9.78 Å². The lowest BCUT2D eigenvalue weighted by Crippen LogP contribution is -2.16. The summed E-state index contributed by atoms with van der Waals surface area (Å²) in [5.74, 6) is -0.243. The van der Waals surface area contributed by atoms with Crippen molar-refractivity contribution in [2.45, 2.75) is 6.92 Å². The summed E-state index contributed by atoms with van der Waals surface area (Å²) in [4.78, 5) is 17.9. The first-order valence-corrected chi connectivity index (χ1v) is 9.51. The third-order valence-electron chi connectivity index (χ3n) is 4.53. The molecule has 0 saturated carbocycles. The molecule has 0 aliphatic carbocycles. The molecule has 0 saturated heterocycles. The van der Waals surface area contributed by atoms with Crippen molar-refractivity contribution in [1.29, 1.82) is 0 Å². The number of aryl methyl sites for hydroxylation is 1. The van der Waals surface area contributed by atoms with E-state index in [1.165, 1.54) is 0 Å². The van der Waals surface area contributed by atoms with Crippen LogP contribution in [0.2, 0.25) is 10.0 Å². The van der Waals surface area contributed by atoms with E-state index in [9.17, 15) is 4.79 Å². The maximum Gasteiger partial charge on any atom is 0.258 e. The fourth-order valence-corrected chi connectivity index (χ4v) is 3.70. The molecule has 0 aliphatic rings. The summed E-state index contributed by atoms with van der Waals surface area (Å²) in [6, 6.07) is 22.2. The highest BCUT2D eigenvalue weighted by Crippen LogP contribution is 2.38. The number of fused-ring (bicyclic) bond motifs is 1. The molecule has 0 fully saturated rings. The topological polar surface area (TPSA) is 42.0 Å². The minimum Gasteiger partial charge on any atom is -0.322 e. The Balaban J connectivity index is 0.00000240. The Kier molecular flexibility index (Phi) is 6.43. The molecule has 1 amide bonds. The van der Waals surface area contributed by atoms with Crippen molar-refractivity contribution >= 4 is 58.1 Å². The van der Waals surface area contributed by atoms with E-state index in [0.29, 0.717) is 27.0 Å². The number of halogens is 3. The first-order chi connectivity index (χ1) is 13.5. The van der Waals surface area contributed by atoms with Crippen LogP contribution in [0.5, 0.6) is 0 Å². The van der Waals surface area contributed by atoms with Crippen LogP contribution in [0.4, 0.5) is 5.69 Å². The Bertz CT molecular complexity index is 1190. The number of hydrogen-bond acceptors (Lipinski definition) is 2. The molecule has 0 spiro atoms. The number of pyridine rings is 1. The van der Waals surface area contributed by atoms with Gasteiger partial charge in [-0.1, -0.05) is 59.6 Å². The Morgan fingerprint density at radius 3 is 2.34 bits per heavy atom. The molecule has 29 heavy (non-hydrogen) atoms. The molecule has 1 aromatic heterocycles. The Morgan fingerprint density at radius 1 is 0.931 bits per heavy atom. The van der Waals surface area contributed by atoms with E-state index in [1.54, 1.807) is 6.07 Å². The predicted octanol–water partition coefficient (Wildman–Crippen LogP) is 7.19. The van der Waals surface area contributed by atoms with Crippen LogP contribution < -0.4 is 5.32 Å². The number of benzene rings is 3. The fourth-order valence-electron chi connectivity index (χ4n) is 3.29. The van der Waals surface area contributed by atoms with Crippen molar-refractivity contribution in [3.8, 4) is 11.1 Å². The van der Waals surface area contributed by atoms with E-state index in [2.05, 4.69) is 10.3 Å². The molecular formula is C23H17Cl3N2O. The number of para-hydroxylation sites is 1. The summed E-state index contributed by atoms with van der Waals surface area (Å²) in [5, 5.41) is 4.86. The zero-order valence-electron chi connectivity index (χ0n) is 15.4. The Hall–Kier alpha value is -2.59. The van der Waals surface area contributed by atoms with Crippen molar-refractivity contribution in [2.24, 2.45) is 0 Å². The van der Waals surface area contributed by atoms with Crippen LogP contribution >= 0.6 is 35.6 Å². The highest BCUT2D eigenvalue weighted by molar-refractivity contribution is 6.35. The lowest BCUT2D eigenvalue weighted by molar-refractivity contribution is 0.102. The van der Waals surface area contributed by atoms with Gasteiger partial charge in [-0.25, -0.2) is 0 Å². The average molecular weight is 444 g/mol. The number of amides is 1. The second-order valence-electron chi connectivity index (χ2n) is 6.41. The highest BCUT2D eigenvalue weighted by Gasteiger charge is 2.22.